The van der Waals surface area contributed by atoms with Crippen molar-refractivity contribution in [2.45, 2.75) is 19.0 Å². The van der Waals surface area contributed by atoms with Gasteiger partial charge in [-0.1, -0.05) is 24.3 Å². The molecule has 4 rings (SSSR count). The first-order valence-corrected chi connectivity index (χ1v) is 9.49. The highest BCUT2D eigenvalue weighted by Gasteiger charge is 2.45. The van der Waals surface area contributed by atoms with Gasteiger partial charge in [-0.15, -0.1) is 0 Å². The van der Waals surface area contributed by atoms with Crippen molar-refractivity contribution in [2.24, 2.45) is 0 Å². The van der Waals surface area contributed by atoms with Crippen molar-refractivity contribution in [3.05, 3.63) is 59.5 Å². The SMILES string of the molecule is CC(=O)NC1C(=O)c2ccccc2C(=O)C1N1CCN(C(=O)c2ccco2)CC1. The first-order chi connectivity index (χ1) is 14.0. The number of amides is 2. The summed E-state index contributed by atoms with van der Waals surface area (Å²) >= 11 is 0. The van der Waals surface area contributed by atoms with E-state index in [2.05, 4.69) is 5.32 Å². The molecule has 1 aromatic heterocycles. The number of hydrogen-bond donors (Lipinski definition) is 1. The summed E-state index contributed by atoms with van der Waals surface area (Å²) in [6, 6.07) is 8.22. The molecule has 1 saturated heterocycles. The van der Waals surface area contributed by atoms with Crippen LogP contribution in [0.1, 0.15) is 38.2 Å². The Hall–Kier alpha value is -3.26. The predicted octanol–water partition coefficient (Wildman–Crippen LogP) is 0.990. The number of Topliss-reactive ketones (excluding diaryl/α,β-unsaturated/α-hetero) is 2. The van der Waals surface area contributed by atoms with E-state index >= 15 is 0 Å². The van der Waals surface area contributed by atoms with Gasteiger partial charge >= 0.3 is 0 Å². The standard InChI is InChI=1S/C21H21N3O5/c1-13(25)22-17-18(20(27)15-6-3-2-5-14(15)19(17)26)23-8-10-24(11-9-23)21(28)16-7-4-12-29-16/h2-7,12,17-18H,8-11H2,1H3,(H,22,25). The highest BCUT2D eigenvalue weighted by molar-refractivity contribution is 6.19. The lowest BCUT2D eigenvalue weighted by molar-refractivity contribution is -0.119. The Kier molecular flexibility index (Phi) is 5.02. The van der Waals surface area contributed by atoms with E-state index in [0.717, 1.165) is 0 Å². The first-order valence-electron chi connectivity index (χ1n) is 9.49. The van der Waals surface area contributed by atoms with Gasteiger partial charge in [-0.2, -0.15) is 0 Å². The Morgan fingerprint density at radius 1 is 0.966 bits per heavy atom. The number of carbonyl (C=O) groups is 4. The molecule has 0 radical (unpaired) electrons. The van der Waals surface area contributed by atoms with Crippen LogP contribution in [0, 0.1) is 0 Å². The highest BCUT2D eigenvalue weighted by Crippen LogP contribution is 2.26. The number of ketones is 2. The monoisotopic (exact) mass is 395 g/mol. The number of carbonyl (C=O) groups excluding carboxylic acids is 4. The van der Waals surface area contributed by atoms with Gasteiger partial charge in [0.25, 0.3) is 5.91 Å². The molecular formula is C21H21N3O5. The third-order valence-corrected chi connectivity index (χ3v) is 5.41. The maximum atomic E-state index is 13.2. The Labute approximate surface area is 167 Å². The number of benzene rings is 1. The molecular weight excluding hydrogens is 374 g/mol. The van der Waals surface area contributed by atoms with Crippen molar-refractivity contribution in [1.82, 2.24) is 15.1 Å². The Balaban J connectivity index is 1.56. The number of hydrogen-bond acceptors (Lipinski definition) is 6. The first kappa shape index (κ1) is 19.1. The van der Waals surface area contributed by atoms with Crippen LogP contribution >= 0.6 is 0 Å². The van der Waals surface area contributed by atoms with Gasteiger partial charge in [-0.05, 0) is 12.1 Å². The van der Waals surface area contributed by atoms with E-state index in [1.807, 2.05) is 4.90 Å². The zero-order chi connectivity index (χ0) is 20.5. The molecule has 2 atom stereocenters. The summed E-state index contributed by atoms with van der Waals surface area (Å²) in [7, 11) is 0. The Bertz CT molecular complexity index is 960. The van der Waals surface area contributed by atoms with E-state index < -0.39 is 12.1 Å². The summed E-state index contributed by atoms with van der Waals surface area (Å²) in [6.07, 6.45) is 1.45. The van der Waals surface area contributed by atoms with E-state index in [1.165, 1.54) is 13.2 Å². The lowest BCUT2D eigenvalue weighted by Crippen LogP contribution is -2.64. The van der Waals surface area contributed by atoms with E-state index in [0.29, 0.717) is 37.3 Å². The summed E-state index contributed by atoms with van der Waals surface area (Å²) in [5, 5.41) is 2.66. The van der Waals surface area contributed by atoms with Crippen LogP contribution in [-0.2, 0) is 4.79 Å². The van der Waals surface area contributed by atoms with Crippen molar-refractivity contribution < 1.29 is 23.6 Å². The molecule has 1 fully saturated rings. The number of piperazine rings is 1. The van der Waals surface area contributed by atoms with Crippen molar-refractivity contribution >= 4 is 23.4 Å². The van der Waals surface area contributed by atoms with Gasteiger partial charge in [0, 0.05) is 44.2 Å². The van der Waals surface area contributed by atoms with Crippen molar-refractivity contribution in [3.8, 4) is 0 Å². The fourth-order valence-corrected chi connectivity index (χ4v) is 4.03. The van der Waals surface area contributed by atoms with Gasteiger partial charge < -0.3 is 14.6 Å². The molecule has 2 unspecified atom stereocenters. The van der Waals surface area contributed by atoms with Crippen LogP contribution in [0.15, 0.2) is 47.1 Å². The molecule has 2 amide bonds. The van der Waals surface area contributed by atoms with E-state index in [9.17, 15) is 19.2 Å². The minimum absolute atomic E-state index is 0.190. The van der Waals surface area contributed by atoms with Crippen LogP contribution in [0.2, 0.25) is 0 Å². The lowest BCUT2D eigenvalue weighted by atomic mass is 9.81. The summed E-state index contributed by atoms with van der Waals surface area (Å²) < 4.78 is 5.17. The summed E-state index contributed by atoms with van der Waals surface area (Å²) in [4.78, 5) is 53.9. The summed E-state index contributed by atoms with van der Waals surface area (Å²) in [5.74, 6) is -0.761. The van der Waals surface area contributed by atoms with Crippen LogP contribution in [0.25, 0.3) is 0 Å². The number of rotatable bonds is 3. The smallest absolute Gasteiger partial charge is 0.289 e. The molecule has 8 nitrogen and oxygen atoms in total. The minimum atomic E-state index is -0.942. The number of furan rings is 1. The third-order valence-electron chi connectivity index (χ3n) is 5.41. The molecule has 1 aliphatic heterocycles. The number of nitrogens with zero attached hydrogens (tertiary/aromatic N) is 2. The van der Waals surface area contributed by atoms with E-state index in [4.69, 9.17) is 4.42 Å². The summed E-state index contributed by atoms with van der Waals surface area (Å²) in [6.45, 7) is 2.94. The second-order valence-corrected chi connectivity index (χ2v) is 7.20. The van der Waals surface area contributed by atoms with Gasteiger partial charge in [-0.3, -0.25) is 24.1 Å². The zero-order valence-electron chi connectivity index (χ0n) is 16.0. The fraction of sp³-hybridized carbons (Fsp3) is 0.333. The van der Waals surface area contributed by atoms with Gasteiger partial charge in [0.2, 0.25) is 5.91 Å². The lowest BCUT2D eigenvalue weighted by Gasteiger charge is -2.42. The molecule has 8 heteroatoms. The predicted molar refractivity (Wildman–Crippen MR) is 103 cm³/mol. The van der Waals surface area contributed by atoms with Crippen LogP contribution in [0.5, 0.6) is 0 Å². The normalized spacial score (nSPS) is 22.3. The largest absolute Gasteiger partial charge is 0.459 e. The molecule has 1 N–H and O–H groups in total. The maximum Gasteiger partial charge on any atom is 0.289 e. The minimum Gasteiger partial charge on any atom is -0.459 e. The molecule has 1 aliphatic carbocycles. The number of nitrogens with one attached hydrogen (secondary N) is 1. The van der Waals surface area contributed by atoms with Crippen molar-refractivity contribution in [2.75, 3.05) is 26.2 Å². The quantitative estimate of drug-likeness (QED) is 0.832. The van der Waals surface area contributed by atoms with Gasteiger partial charge in [0.05, 0.1) is 6.26 Å². The molecule has 0 saturated carbocycles. The van der Waals surface area contributed by atoms with Crippen LogP contribution < -0.4 is 5.32 Å². The van der Waals surface area contributed by atoms with Crippen LogP contribution in [0.3, 0.4) is 0 Å². The average Bonchev–Trinajstić information content (AvgIpc) is 3.26. The Morgan fingerprint density at radius 2 is 1.62 bits per heavy atom. The highest BCUT2D eigenvalue weighted by atomic mass is 16.3. The molecule has 1 aromatic carbocycles. The van der Waals surface area contributed by atoms with Gasteiger partial charge in [0.1, 0.15) is 12.1 Å². The van der Waals surface area contributed by atoms with Crippen LogP contribution in [0.4, 0.5) is 0 Å². The van der Waals surface area contributed by atoms with Crippen molar-refractivity contribution in [3.63, 3.8) is 0 Å². The molecule has 29 heavy (non-hydrogen) atoms. The Morgan fingerprint density at radius 3 is 2.21 bits per heavy atom. The topological polar surface area (TPSA) is 99.9 Å². The molecule has 0 bridgehead atoms. The van der Waals surface area contributed by atoms with E-state index in [1.54, 1.807) is 41.3 Å². The summed E-state index contributed by atoms with van der Waals surface area (Å²) in [5.41, 5.74) is 0.706. The average molecular weight is 395 g/mol. The van der Waals surface area contributed by atoms with E-state index in [-0.39, 0.29) is 29.1 Å². The second-order valence-electron chi connectivity index (χ2n) is 7.20. The van der Waals surface area contributed by atoms with Crippen LogP contribution in [-0.4, -0.2) is 71.4 Å². The maximum absolute atomic E-state index is 13.2. The molecule has 0 spiro atoms. The third kappa shape index (κ3) is 3.47. The zero-order valence-corrected chi connectivity index (χ0v) is 16.0. The van der Waals surface area contributed by atoms with Gasteiger partial charge in [-0.25, -0.2) is 0 Å². The van der Waals surface area contributed by atoms with Crippen molar-refractivity contribution in [1.29, 1.82) is 0 Å². The molecule has 150 valence electrons. The fourth-order valence-electron chi connectivity index (χ4n) is 4.03. The van der Waals surface area contributed by atoms with Gasteiger partial charge in [0.15, 0.2) is 17.3 Å². The molecule has 2 heterocycles. The second kappa shape index (κ2) is 7.63. The molecule has 2 aromatic rings. The molecule has 2 aliphatic rings. The number of fused-ring (bicyclic) bond motifs is 1.